The highest BCUT2D eigenvalue weighted by Crippen LogP contribution is 2.54. The van der Waals surface area contributed by atoms with Crippen LogP contribution in [-0.4, -0.2) is 48.3 Å². The molecule has 2 amide bonds. The number of likely N-dealkylation sites (N-methyl/N-ethyl adjacent to an activating group) is 1. The van der Waals surface area contributed by atoms with Crippen LogP contribution in [0.1, 0.15) is 27.2 Å². The van der Waals surface area contributed by atoms with E-state index in [2.05, 4.69) is 12.2 Å². The Kier molecular flexibility index (Phi) is 3.83. The van der Waals surface area contributed by atoms with Crippen LogP contribution in [0.2, 0.25) is 0 Å². The molecule has 0 aromatic heterocycles. The van der Waals surface area contributed by atoms with Crippen molar-refractivity contribution in [2.24, 2.45) is 11.3 Å². The molecule has 0 saturated carbocycles. The molecule has 0 aromatic carbocycles. The number of alkyl carbamates (subject to hydrolysis) is 1. The van der Waals surface area contributed by atoms with Crippen LogP contribution in [0.4, 0.5) is 4.79 Å². The first kappa shape index (κ1) is 16.8. The van der Waals surface area contributed by atoms with Gasteiger partial charge in [-0.2, -0.15) is 0 Å². The van der Waals surface area contributed by atoms with Gasteiger partial charge in [0.2, 0.25) is 0 Å². The van der Waals surface area contributed by atoms with Crippen LogP contribution in [0.25, 0.3) is 0 Å². The van der Waals surface area contributed by atoms with Crippen LogP contribution in [0.3, 0.4) is 0 Å². The van der Waals surface area contributed by atoms with Crippen LogP contribution >= 0.6 is 0 Å². The predicted molar refractivity (Wildman–Crippen MR) is 88.9 cm³/mol. The molecule has 0 spiro atoms. The average molecular weight is 332 g/mol. The number of hydrogen-bond acceptors (Lipinski definition) is 4. The minimum atomic E-state index is -0.869. The molecule has 130 valence electrons. The Morgan fingerprint density at radius 3 is 2.79 bits per heavy atom. The van der Waals surface area contributed by atoms with Gasteiger partial charge in [0.15, 0.2) is 0 Å². The summed E-state index contributed by atoms with van der Waals surface area (Å²) in [6.07, 6.45) is 2.39. The molecule has 6 nitrogen and oxygen atoms in total. The predicted octanol–water partition coefficient (Wildman–Crippen LogP) is 1.73. The van der Waals surface area contributed by atoms with E-state index < -0.39 is 18.3 Å². The molecule has 3 aliphatic rings. The zero-order valence-corrected chi connectivity index (χ0v) is 14.7. The van der Waals surface area contributed by atoms with Crippen molar-refractivity contribution in [2.45, 2.75) is 39.4 Å². The lowest BCUT2D eigenvalue weighted by Gasteiger charge is -2.48. The number of aliphatic hydroxyl groups excluding tert-OH is 1. The van der Waals surface area contributed by atoms with Crippen molar-refractivity contribution in [3.8, 4) is 0 Å². The number of allylic oxidation sites excluding steroid dienone is 3. The van der Waals surface area contributed by atoms with E-state index in [0.717, 1.165) is 22.4 Å². The quantitative estimate of drug-likeness (QED) is 0.766. The average Bonchev–Trinajstić information content (AvgIpc) is 2.75. The molecule has 0 saturated heterocycles. The third kappa shape index (κ3) is 2.20. The van der Waals surface area contributed by atoms with Gasteiger partial charge >= 0.3 is 6.09 Å². The molecule has 6 heteroatoms. The maximum Gasteiger partial charge on any atom is 0.407 e. The van der Waals surface area contributed by atoms with Crippen molar-refractivity contribution in [2.75, 3.05) is 14.1 Å². The van der Waals surface area contributed by atoms with Crippen LogP contribution in [0.15, 0.2) is 34.6 Å². The van der Waals surface area contributed by atoms with Crippen molar-refractivity contribution in [1.82, 2.24) is 10.2 Å². The Hall–Kier alpha value is -2.08. The number of nitrogens with one attached hydrogen (secondary N) is 1. The van der Waals surface area contributed by atoms with Gasteiger partial charge in [-0.05, 0) is 36.6 Å². The van der Waals surface area contributed by atoms with Gasteiger partial charge in [-0.1, -0.05) is 13.8 Å². The number of fused-ring (bicyclic) bond motifs is 2. The largest absolute Gasteiger partial charge is 0.443 e. The van der Waals surface area contributed by atoms with Crippen LogP contribution < -0.4 is 5.32 Å². The molecule has 1 heterocycles. The third-order valence-electron chi connectivity index (χ3n) is 5.88. The number of carbonyl (C=O) groups is 2. The molecule has 0 unspecified atom stereocenters. The van der Waals surface area contributed by atoms with E-state index in [-0.39, 0.29) is 17.2 Å². The topological polar surface area (TPSA) is 78.9 Å². The van der Waals surface area contributed by atoms with E-state index in [1.165, 1.54) is 7.05 Å². The van der Waals surface area contributed by atoms with Crippen molar-refractivity contribution < 1.29 is 19.4 Å². The fourth-order valence-electron chi connectivity index (χ4n) is 4.03. The van der Waals surface area contributed by atoms with E-state index in [0.29, 0.717) is 6.42 Å². The minimum absolute atomic E-state index is 0.0189. The van der Waals surface area contributed by atoms with Crippen molar-refractivity contribution in [3.05, 3.63) is 34.6 Å². The first-order valence-electron chi connectivity index (χ1n) is 8.19. The van der Waals surface area contributed by atoms with E-state index in [4.69, 9.17) is 4.74 Å². The van der Waals surface area contributed by atoms with E-state index in [1.54, 1.807) is 18.0 Å². The van der Waals surface area contributed by atoms with E-state index in [1.807, 2.05) is 19.9 Å². The smallest absolute Gasteiger partial charge is 0.407 e. The maximum atomic E-state index is 12.3. The molecule has 0 aromatic rings. The second-order valence-electron chi connectivity index (χ2n) is 7.11. The minimum Gasteiger partial charge on any atom is -0.443 e. The van der Waals surface area contributed by atoms with E-state index in [9.17, 15) is 14.7 Å². The highest BCUT2D eigenvalue weighted by Gasteiger charge is 2.50. The molecule has 0 bridgehead atoms. The van der Waals surface area contributed by atoms with Gasteiger partial charge in [0.1, 0.15) is 12.2 Å². The Labute approximate surface area is 141 Å². The summed E-state index contributed by atoms with van der Waals surface area (Å²) >= 11 is 0. The fraction of sp³-hybridized carbons (Fsp3) is 0.556. The summed E-state index contributed by atoms with van der Waals surface area (Å²) in [4.78, 5) is 25.5. The molecule has 2 aliphatic carbocycles. The number of nitrogens with zero attached hydrogens (tertiary/aromatic N) is 1. The summed E-state index contributed by atoms with van der Waals surface area (Å²) in [5.74, 6) is -0.0747. The Morgan fingerprint density at radius 2 is 2.17 bits per heavy atom. The van der Waals surface area contributed by atoms with Crippen molar-refractivity contribution in [3.63, 3.8) is 0 Å². The molecule has 2 N–H and O–H groups in total. The molecule has 24 heavy (non-hydrogen) atoms. The molecular formula is C18H24N2O4. The molecule has 0 fully saturated rings. The second kappa shape index (κ2) is 5.48. The zero-order valence-electron chi connectivity index (χ0n) is 14.7. The molecule has 4 atom stereocenters. The summed E-state index contributed by atoms with van der Waals surface area (Å²) < 4.78 is 5.40. The summed E-state index contributed by atoms with van der Waals surface area (Å²) in [5.41, 5.74) is 3.41. The normalized spacial score (nSPS) is 35.2. The lowest BCUT2D eigenvalue weighted by molar-refractivity contribution is -0.123. The van der Waals surface area contributed by atoms with Crippen LogP contribution in [0.5, 0.6) is 0 Å². The van der Waals surface area contributed by atoms with Gasteiger partial charge in [-0.15, -0.1) is 0 Å². The van der Waals surface area contributed by atoms with Crippen LogP contribution in [0, 0.1) is 11.3 Å². The number of amides is 2. The Morgan fingerprint density at radius 1 is 1.50 bits per heavy atom. The molecule has 1 aliphatic heterocycles. The van der Waals surface area contributed by atoms with Gasteiger partial charge in [-0.3, -0.25) is 4.79 Å². The van der Waals surface area contributed by atoms with Crippen molar-refractivity contribution in [1.29, 1.82) is 0 Å². The maximum absolute atomic E-state index is 12.3. The highest BCUT2D eigenvalue weighted by molar-refractivity contribution is 6.00. The summed E-state index contributed by atoms with van der Waals surface area (Å²) in [6.45, 7) is 5.94. The first-order chi connectivity index (χ1) is 11.2. The number of ether oxygens (including phenoxy) is 1. The number of rotatable bonds is 1. The summed E-state index contributed by atoms with van der Waals surface area (Å²) in [6, 6.07) is 0. The number of hydrogen-bond donors (Lipinski definition) is 2. The van der Waals surface area contributed by atoms with Gasteiger partial charge in [0.25, 0.3) is 5.91 Å². The summed E-state index contributed by atoms with van der Waals surface area (Å²) in [7, 11) is 3.27. The van der Waals surface area contributed by atoms with E-state index >= 15 is 0 Å². The SMILES string of the molecule is CNC(=O)O[C@H]1[C@H](O)C=C2C=C3C(=C(C)C(=O)N3C)C[C@]2(C)[C@H]1C. The van der Waals surface area contributed by atoms with Crippen LogP contribution in [-0.2, 0) is 9.53 Å². The number of carbonyl (C=O) groups excluding carboxylic acids is 2. The van der Waals surface area contributed by atoms with Gasteiger partial charge in [0, 0.05) is 36.7 Å². The van der Waals surface area contributed by atoms with Gasteiger partial charge < -0.3 is 20.1 Å². The lowest BCUT2D eigenvalue weighted by atomic mass is 9.59. The number of aliphatic hydroxyl groups is 1. The standard InChI is InChI=1S/C18H24N2O4/c1-9-12-8-18(3)10(2)15(24-17(23)19-4)14(21)7-11(18)6-13(12)20(5)16(9)22/h6-7,10,14-15,21H,8H2,1-5H3,(H,19,23)/t10-,14+,15+,18+/m0/s1. The molecule has 3 rings (SSSR count). The van der Waals surface area contributed by atoms with Gasteiger partial charge in [0.05, 0.1) is 0 Å². The zero-order chi connectivity index (χ0) is 17.8. The third-order valence-corrected chi connectivity index (χ3v) is 5.88. The second-order valence-corrected chi connectivity index (χ2v) is 7.11. The molecule has 0 radical (unpaired) electrons. The van der Waals surface area contributed by atoms with Crippen molar-refractivity contribution >= 4 is 12.0 Å². The first-order valence-corrected chi connectivity index (χ1v) is 8.19. The highest BCUT2D eigenvalue weighted by atomic mass is 16.6. The Balaban J connectivity index is 2.04. The Bertz CT molecular complexity index is 706. The monoisotopic (exact) mass is 332 g/mol. The molecular weight excluding hydrogens is 308 g/mol. The fourth-order valence-corrected chi connectivity index (χ4v) is 4.03. The van der Waals surface area contributed by atoms with Gasteiger partial charge in [-0.25, -0.2) is 4.79 Å². The summed E-state index contributed by atoms with van der Waals surface area (Å²) in [5, 5.41) is 12.9. The lowest BCUT2D eigenvalue weighted by Crippen LogP contribution is -2.49.